The van der Waals surface area contributed by atoms with E-state index < -0.39 is 0 Å². The molecule has 1 aromatic carbocycles. The molecule has 1 aromatic heterocycles. The number of likely N-dealkylation sites (tertiary alicyclic amines) is 1. The molecular formula is C23H32Cl2N4O3. The molecular weight excluding hydrogens is 451 g/mol. The summed E-state index contributed by atoms with van der Waals surface area (Å²) in [5.74, 6) is 0.996. The van der Waals surface area contributed by atoms with Gasteiger partial charge in [0.05, 0.1) is 17.8 Å². The van der Waals surface area contributed by atoms with Crippen LogP contribution in [0.2, 0.25) is 0 Å². The number of aliphatic hydroxyl groups is 1. The first kappa shape index (κ1) is 25.0. The number of nitrogens with one attached hydrogen (secondary N) is 1. The Bertz CT molecular complexity index is 876. The van der Waals surface area contributed by atoms with Crippen LogP contribution in [0.4, 0.5) is 0 Å². The lowest BCUT2D eigenvalue weighted by atomic mass is 9.81. The van der Waals surface area contributed by atoms with E-state index in [0.29, 0.717) is 31.6 Å². The van der Waals surface area contributed by atoms with E-state index in [1.54, 1.807) is 0 Å². The summed E-state index contributed by atoms with van der Waals surface area (Å²) >= 11 is 0. The molecule has 5 rings (SSSR count). The lowest BCUT2D eigenvalue weighted by Gasteiger charge is -2.48. The Morgan fingerprint density at radius 1 is 1.12 bits per heavy atom. The number of imidazole rings is 1. The summed E-state index contributed by atoms with van der Waals surface area (Å²) in [5.41, 5.74) is 1.31. The van der Waals surface area contributed by atoms with Crippen LogP contribution in [0.25, 0.3) is 0 Å². The van der Waals surface area contributed by atoms with Gasteiger partial charge in [-0.25, -0.2) is 4.98 Å². The molecule has 0 radical (unpaired) electrons. The minimum absolute atomic E-state index is 0. The molecule has 7 nitrogen and oxygen atoms in total. The number of aromatic nitrogens is 2. The van der Waals surface area contributed by atoms with Crippen molar-refractivity contribution >= 4 is 30.7 Å². The molecule has 3 aliphatic heterocycles. The quantitative estimate of drug-likeness (QED) is 0.687. The Morgan fingerprint density at radius 2 is 1.88 bits per heavy atom. The molecule has 4 heterocycles. The second-order valence-electron chi connectivity index (χ2n) is 8.82. The highest BCUT2D eigenvalue weighted by Gasteiger charge is 2.44. The summed E-state index contributed by atoms with van der Waals surface area (Å²) in [5, 5.41) is 13.9. The fourth-order valence-electron chi connectivity index (χ4n) is 5.11. The van der Waals surface area contributed by atoms with Gasteiger partial charge in [-0.1, -0.05) is 30.3 Å². The molecule has 2 atom stereocenters. The molecule has 0 bridgehead atoms. The molecule has 2 N–H and O–H groups in total. The normalized spacial score (nSPS) is 24.6. The van der Waals surface area contributed by atoms with Crippen molar-refractivity contribution in [3.63, 3.8) is 0 Å². The first-order valence-corrected chi connectivity index (χ1v) is 11.1. The van der Waals surface area contributed by atoms with E-state index in [9.17, 15) is 9.90 Å². The number of hydrogen-bond acceptors (Lipinski definition) is 5. The van der Waals surface area contributed by atoms with Crippen molar-refractivity contribution in [2.75, 3.05) is 26.2 Å². The van der Waals surface area contributed by atoms with Gasteiger partial charge < -0.3 is 24.6 Å². The van der Waals surface area contributed by atoms with Gasteiger partial charge in [-0.15, -0.1) is 24.8 Å². The van der Waals surface area contributed by atoms with Gasteiger partial charge in [0.25, 0.3) is 5.91 Å². The van der Waals surface area contributed by atoms with Crippen LogP contribution in [0.5, 0.6) is 0 Å². The van der Waals surface area contributed by atoms with E-state index in [1.807, 2.05) is 29.3 Å². The number of carbonyl (C=O) groups is 1. The Labute approximate surface area is 201 Å². The molecule has 0 aliphatic carbocycles. The maximum Gasteiger partial charge on any atom is 0.274 e. The van der Waals surface area contributed by atoms with E-state index in [2.05, 4.69) is 27.0 Å². The third kappa shape index (κ3) is 5.13. The first-order valence-electron chi connectivity index (χ1n) is 11.1. The molecule has 176 valence electrons. The molecule has 2 saturated heterocycles. The SMILES string of the molecule is Cl.Cl.O=C(c1cn2c(n1)CCNCC2)N1CCC2(CC1)C[C@@H](O)C[C@H](c1ccccc1)O2. The van der Waals surface area contributed by atoms with Gasteiger partial charge in [0.15, 0.2) is 0 Å². The number of nitrogens with zero attached hydrogens (tertiary/aromatic N) is 3. The maximum atomic E-state index is 13.1. The van der Waals surface area contributed by atoms with Crippen molar-refractivity contribution in [3.8, 4) is 0 Å². The number of rotatable bonds is 2. The number of halogens is 2. The standard InChI is InChI=1S/C23H30N4O3.2ClH/c28-18-14-20(17-4-2-1-3-5-17)30-23(15-18)7-11-26(12-8-23)22(29)19-16-27-13-10-24-9-6-21(27)25-19;;/h1-5,16,18,20,24,28H,6-15H2;2*1H/t18-,20+;;/m0../s1. The van der Waals surface area contributed by atoms with Gasteiger partial charge in [-0.3, -0.25) is 4.79 Å². The zero-order valence-electron chi connectivity index (χ0n) is 18.1. The number of piperidine rings is 1. The van der Waals surface area contributed by atoms with Gasteiger partial charge in [0.1, 0.15) is 11.5 Å². The summed E-state index contributed by atoms with van der Waals surface area (Å²) < 4.78 is 8.66. The monoisotopic (exact) mass is 482 g/mol. The molecule has 2 aromatic rings. The van der Waals surface area contributed by atoms with Crippen molar-refractivity contribution in [1.29, 1.82) is 0 Å². The number of carbonyl (C=O) groups excluding carboxylic acids is 1. The van der Waals surface area contributed by atoms with Crippen LogP contribution in [-0.2, 0) is 17.7 Å². The average molecular weight is 483 g/mol. The molecule has 9 heteroatoms. The lowest BCUT2D eigenvalue weighted by molar-refractivity contribution is -0.181. The Balaban J connectivity index is 0.00000144. The molecule has 0 saturated carbocycles. The van der Waals surface area contributed by atoms with Crippen LogP contribution >= 0.6 is 24.8 Å². The average Bonchev–Trinajstić information content (AvgIpc) is 3.04. The maximum absolute atomic E-state index is 13.1. The summed E-state index contributed by atoms with van der Waals surface area (Å²) in [7, 11) is 0. The van der Waals surface area contributed by atoms with Crippen LogP contribution in [0, 0.1) is 0 Å². The van der Waals surface area contributed by atoms with E-state index in [1.165, 1.54) is 0 Å². The predicted octanol–water partition coefficient (Wildman–Crippen LogP) is 2.76. The number of hydrogen-bond donors (Lipinski definition) is 2. The third-order valence-corrected chi connectivity index (χ3v) is 6.75. The minimum atomic E-state index is -0.372. The van der Waals surface area contributed by atoms with E-state index in [-0.39, 0.29) is 48.5 Å². The second kappa shape index (κ2) is 10.5. The fourth-order valence-corrected chi connectivity index (χ4v) is 5.11. The molecule has 3 aliphatic rings. The highest BCUT2D eigenvalue weighted by atomic mass is 35.5. The number of fused-ring (bicyclic) bond motifs is 1. The molecule has 2 fully saturated rings. The topological polar surface area (TPSA) is 79.6 Å². The zero-order valence-corrected chi connectivity index (χ0v) is 19.7. The van der Waals surface area contributed by atoms with Crippen molar-refractivity contribution < 1.29 is 14.6 Å². The molecule has 1 amide bonds. The molecule has 1 spiro atoms. The van der Waals surface area contributed by atoms with Gasteiger partial charge in [-0.2, -0.15) is 0 Å². The van der Waals surface area contributed by atoms with Gasteiger partial charge in [0, 0.05) is 58.2 Å². The first-order chi connectivity index (χ1) is 14.6. The van der Waals surface area contributed by atoms with Crippen LogP contribution in [0.3, 0.4) is 0 Å². The number of ether oxygens (including phenoxy) is 1. The van der Waals surface area contributed by atoms with Gasteiger partial charge in [0.2, 0.25) is 0 Å². The molecule has 32 heavy (non-hydrogen) atoms. The second-order valence-corrected chi connectivity index (χ2v) is 8.82. The summed E-state index contributed by atoms with van der Waals surface area (Å²) in [6.07, 6.45) is 5.06. The highest BCUT2D eigenvalue weighted by molar-refractivity contribution is 5.92. The number of amides is 1. The Kier molecular flexibility index (Phi) is 8.22. The van der Waals surface area contributed by atoms with Gasteiger partial charge >= 0.3 is 0 Å². The van der Waals surface area contributed by atoms with Crippen LogP contribution in [0.15, 0.2) is 36.5 Å². The summed E-state index contributed by atoms with van der Waals surface area (Å²) in [4.78, 5) is 19.6. The van der Waals surface area contributed by atoms with E-state index in [0.717, 1.165) is 50.3 Å². The summed E-state index contributed by atoms with van der Waals surface area (Å²) in [6, 6.07) is 10.1. The number of aliphatic hydroxyl groups excluding tert-OH is 1. The lowest BCUT2D eigenvalue weighted by Crippen LogP contribution is -2.52. The van der Waals surface area contributed by atoms with Crippen LogP contribution in [0.1, 0.15) is 53.7 Å². The van der Waals surface area contributed by atoms with Crippen LogP contribution < -0.4 is 5.32 Å². The Hall–Kier alpha value is -1.64. The van der Waals surface area contributed by atoms with E-state index >= 15 is 0 Å². The predicted molar refractivity (Wildman–Crippen MR) is 127 cm³/mol. The van der Waals surface area contributed by atoms with Crippen molar-refractivity contribution in [3.05, 3.63) is 53.6 Å². The van der Waals surface area contributed by atoms with Gasteiger partial charge in [-0.05, 0) is 18.4 Å². The fraction of sp³-hybridized carbons (Fsp3) is 0.565. The zero-order chi connectivity index (χ0) is 20.6. The third-order valence-electron chi connectivity index (χ3n) is 6.75. The summed E-state index contributed by atoms with van der Waals surface area (Å²) in [6.45, 7) is 3.93. The van der Waals surface area contributed by atoms with Crippen molar-refractivity contribution in [2.24, 2.45) is 0 Å². The highest BCUT2D eigenvalue weighted by Crippen LogP contribution is 2.43. The van der Waals surface area contributed by atoms with E-state index in [4.69, 9.17) is 4.74 Å². The van der Waals surface area contributed by atoms with Crippen molar-refractivity contribution in [2.45, 2.75) is 56.5 Å². The number of benzene rings is 1. The minimum Gasteiger partial charge on any atom is -0.393 e. The smallest absolute Gasteiger partial charge is 0.274 e. The Morgan fingerprint density at radius 3 is 2.62 bits per heavy atom. The largest absolute Gasteiger partial charge is 0.393 e. The van der Waals surface area contributed by atoms with Crippen LogP contribution in [-0.4, -0.2) is 63.3 Å². The van der Waals surface area contributed by atoms with Crippen molar-refractivity contribution in [1.82, 2.24) is 19.8 Å². The molecule has 0 unspecified atom stereocenters.